The number of anilines is 2. The van der Waals surface area contributed by atoms with Crippen LogP contribution in [0.4, 0.5) is 11.4 Å². The Kier molecular flexibility index (Phi) is 8.43. The molecule has 2 aliphatic heterocycles. The molecule has 0 atom stereocenters. The topological polar surface area (TPSA) is 79.0 Å². The molecule has 0 radical (unpaired) electrons. The van der Waals surface area contributed by atoms with E-state index >= 15 is 0 Å². The highest BCUT2D eigenvalue weighted by atomic mass is 32.2. The van der Waals surface area contributed by atoms with Gasteiger partial charge in [0.15, 0.2) is 0 Å². The van der Waals surface area contributed by atoms with E-state index in [2.05, 4.69) is 12.2 Å². The van der Waals surface area contributed by atoms with Gasteiger partial charge in [-0.25, -0.2) is 0 Å². The lowest BCUT2D eigenvalue weighted by molar-refractivity contribution is -0.122. The summed E-state index contributed by atoms with van der Waals surface area (Å²) in [6, 6.07) is 14.3. The van der Waals surface area contributed by atoms with Gasteiger partial charge in [-0.05, 0) is 43.7 Å². The fourth-order valence-electron chi connectivity index (χ4n) is 4.24. The second-order valence-electron chi connectivity index (χ2n) is 8.50. The minimum absolute atomic E-state index is 0.177. The monoisotopic (exact) mass is 523 g/mol. The van der Waals surface area contributed by atoms with Crippen LogP contribution in [0.5, 0.6) is 5.75 Å². The van der Waals surface area contributed by atoms with Crippen LogP contribution in [0.1, 0.15) is 45.1 Å². The first kappa shape index (κ1) is 25.9. The predicted octanol–water partition coefficient (Wildman–Crippen LogP) is 5.22. The molecule has 2 heterocycles. The molecule has 2 aromatic carbocycles. The number of unbranched alkanes of at least 4 members (excludes halogenated alkanes) is 3. The summed E-state index contributed by atoms with van der Waals surface area (Å²) >= 11 is 6.65. The van der Waals surface area contributed by atoms with Gasteiger partial charge in [0.1, 0.15) is 16.6 Å². The third-order valence-corrected chi connectivity index (χ3v) is 7.43. The molecule has 1 fully saturated rings. The van der Waals surface area contributed by atoms with Crippen molar-refractivity contribution in [2.75, 3.05) is 29.9 Å². The van der Waals surface area contributed by atoms with E-state index in [-0.39, 0.29) is 24.3 Å². The number of benzene rings is 2. The van der Waals surface area contributed by atoms with Gasteiger partial charge in [-0.15, -0.1) is 0 Å². The standard InChI is InChI=1S/C27H29N3O4S2/c1-3-5-6-9-16-29-26(33)24(36-27(29)35)23-20-10-7-8-11-21(20)30(25(23)32)17-22(31)28-18-12-14-19(15-13-18)34-4-2/h7-8,10-15H,3-6,9,16-17H2,1-2H3,(H,28,31)/b24-23-. The number of hydrogen-bond acceptors (Lipinski definition) is 6. The normalized spacial score (nSPS) is 17.1. The van der Waals surface area contributed by atoms with E-state index < -0.39 is 0 Å². The first-order valence-corrected chi connectivity index (χ1v) is 13.4. The number of nitrogens with one attached hydrogen (secondary N) is 1. The van der Waals surface area contributed by atoms with E-state index in [0.717, 1.165) is 25.7 Å². The summed E-state index contributed by atoms with van der Waals surface area (Å²) in [5.41, 5.74) is 2.16. The second-order valence-corrected chi connectivity index (χ2v) is 10.1. The van der Waals surface area contributed by atoms with Gasteiger partial charge < -0.3 is 10.1 Å². The number of ether oxygens (including phenoxy) is 1. The zero-order chi connectivity index (χ0) is 25.7. The highest BCUT2D eigenvalue weighted by molar-refractivity contribution is 8.26. The van der Waals surface area contributed by atoms with Gasteiger partial charge in [0.05, 0.1) is 22.8 Å². The van der Waals surface area contributed by atoms with E-state index in [1.165, 1.54) is 16.7 Å². The average molecular weight is 524 g/mol. The van der Waals surface area contributed by atoms with E-state index in [0.29, 0.717) is 50.6 Å². The maximum absolute atomic E-state index is 13.6. The van der Waals surface area contributed by atoms with Crippen molar-refractivity contribution in [3.63, 3.8) is 0 Å². The Bertz CT molecular complexity index is 1210. The van der Waals surface area contributed by atoms with Crippen molar-refractivity contribution in [1.29, 1.82) is 0 Å². The number of carbonyl (C=O) groups excluding carboxylic acids is 3. The maximum Gasteiger partial charge on any atom is 0.267 e. The third kappa shape index (κ3) is 5.47. The summed E-state index contributed by atoms with van der Waals surface area (Å²) in [7, 11) is 0. The third-order valence-electron chi connectivity index (χ3n) is 5.99. The van der Waals surface area contributed by atoms with Crippen molar-refractivity contribution >= 4 is 63.0 Å². The summed E-state index contributed by atoms with van der Waals surface area (Å²) in [5, 5.41) is 2.82. The van der Waals surface area contributed by atoms with E-state index in [1.807, 2.05) is 19.1 Å². The van der Waals surface area contributed by atoms with Crippen LogP contribution in [0.2, 0.25) is 0 Å². The van der Waals surface area contributed by atoms with Gasteiger partial charge in [0.2, 0.25) is 5.91 Å². The SMILES string of the molecule is CCCCCCN1C(=O)/C(=C2/C(=O)N(CC(=O)Nc3ccc(OCC)cc3)c3ccccc32)SC1=S. The smallest absolute Gasteiger partial charge is 0.267 e. The molecule has 3 amide bonds. The van der Waals surface area contributed by atoms with E-state index in [1.54, 1.807) is 41.3 Å². The van der Waals surface area contributed by atoms with E-state index in [9.17, 15) is 14.4 Å². The van der Waals surface area contributed by atoms with Crippen LogP contribution >= 0.6 is 24.0 Å². The number of hydrogen-bond donors (Lipinski definition) is 1. The van der Waals surface area contributed by atoms with Crippen LogP contribution in [-0.4, -0.2) is 46.6 Å². The Hall–Kier alpha value is -3.17. The Balaban J connectivity index is 1.53. The van der Waals surface area contributed by atoms with Gasteiger partial charge in [-0.1, -0.05) is 68.4 Å². The van der Waals surface area contributed by atoms with Crippen molar-refractivity contribution in [3.05, 3.63) is 59.0 Å². The van der Waals surface area contributed by atoms with Crippen LogP contribution in [0.15, 0.2) is 53.4 Å². The Morgan fingerprint density at radius 3 is 2.44 bits per heavy atom. The zero-order valence-corrected chi connectivity index (χ0v) is 22.0. The molecule has 0 aliphatic carbocycles. The summed E-state index contributed by atoms with van der Waals surface area (Å²) in [6.45, 7) is 4.97. The van der Waals surface area contributed by atoms with Gasteiger partial charge >= 0.3 is 0 Å². The number of para-hydroxylation sites is 1. The lowest BCUT2D eigenvalue weighted by Gasteiger charge is -2.17. The zero-order valence-electron chi connectivity index (χ0n) is 20.4. The fraction of sp³-hybridized carbons (Fsp3) is 0.333. The summed E-state index contributed by atoms with van der Waals surface area (Å²) < 4.78 is 5.90. The van der Waals surface area contributed by atoms with Gasteiger partial charge in [-0.3, -0.25) is 24.2 Å². The number of amides is 3. The number of carbonyl (C=O) groups is 3. The molecule has 4 rings (SSSR count). The number of thioether (sulfide) groups is 1. The first-order valence-electron chi connectivity index (χ1n) is 12.2. The largest absolute Gasteiger partial charge is 0.494 e. The molecule has 0 spiro atoms. The minimum Gasteiger partial charge on any atom is -0.494 e. The van der Waals surface area contributed by atoms with Crippen molar-refractivity contribution in [3.8, 4) is 5.75 Å². The van der Waals surface area contributed by atoms with Crippen molar-refractivity contribution < 1.29 is 19.1 Å². The molecule has 0 bridgehead atoms. The summed E-state index contributed by atoms with van der Waals surface area (Å²) in [4.78, 5) is 43.0. The second kappa shape index (κ2) is 11.7. The van der Waals surface area contributed by atoms with E-state index in [4.69, 9.17) is 17.0 Å². The highest BCUT2D eigenvalue weighted by Crippen LogP contribution is 2.44. The Morgan fingerprint density at radius 2 is 1.72 bits per heavy atom. The molecule has 0 aromatic heterocycles. The molecule has 0 unspecified atom stereocenters. The maximum atomic E-state index is 13.6. The lowest BCUT2D eigenvalue weighted by Crippen LogP contribution is -2.35. The van der Waals surface area contributed by atoms with Crippen molar-refractivity contribution in [2.45, 2.75) is 39.5 Å². The predicted molar refractivity (Wildman–Crippen MR) is 148 cm³/mol. The molecule has 1 saturated heterocycles. The molecule has 9 heteroatoms. The number of nitrogens with zero attached hydrogens (tertiary/aromatic N) is 2. The van der Waals surface area contributed by atoms with Gasteiger partial charge in [0, 0.05) is 17.8 Å². The average Bonchev–Trinajstić information content (AvgIpc) is 3.30. The molecule has 7 nitrogen and oxygen atoms in total. The molecule has 36 heavy (non-hydrogen) atoms. The summed E-state index contributed by atoms with van der Waals surface area (Å²) in [6.07, 6.45) is 4.11. The minimum atomic E-state index is -0.371. The lowest BCUT2D eigenvalue weighted by atomic mass is 10.1. The molecule has 2 aliphatic rings. The molecule has 0 saturated carbocycles. The number of thiocarbonyl (C=S) groups is 1. The molecule has 2 aromatic rings. The van der Waals surface area contributed by atoms with Crippen LogP contribution < -0.4 is 15.0 Å². The van der Waals surface area contributed by atoms with Crippen LogP contribution in [-0.2, 0) is 14.4 Å². The number of rotatable bonds is 10. The van der Waals surface area contributed by atoms with Crippen LogP contribution in [0.25, 0.3) is 5.57 Å². The highest BCUT2D eigenvalue weighted by Gasteiger charge is 2.42. The Labute approximate surface area is 220 Å². The molecule has 1 N–H and O–H groups in total. The van der Waals surface area contributed by atoms with Crippen LogP contribution in [0.3, 0.4) is 0 Å². The summed E-state index contributed by atoms with van der Waals surface area (Å²) in [5.74, 6) is -0.233. The van der Waals surface area contributed by atoms with Crippen molar-refractivity contribution in [1.82, 2.24) is 4.90 Å². The van der Waals surface area contributed by atoms with Crippen molar-refractivity contribution in [2.24, 2.45) is 0 Å². The molecule has 188 valence electrons. The van der Waals surface area contributed by atoms with Crippen LogP contribution in [0, 0.1) is 0 Å². The number of fused-ring (bicyclic) bond motifs is 1. The van der Waals surface area contributed by atoms with Gasteiger partial charge in [-0.2, -0.15) is 0 Å². The van der Waals surface area contributed by atoms with Gasteiger partial charge in [0.25, 0.3) is 11.8 Å². The first-order chi connectivity index (χ1) is 17.4. The molecular weight excluding hydrogens is 494 g/mol. The fourth-order valence-corrected chi connectivity index (χ4v) is 5.62. The quantitative estimate of drug-likeness (QED) is 0.261. The molecular formula is C27H29N3O4S2. The Morgan fingerprint density at radius 1 is 0.972 bits per heavy atom.